The quantitative estimate of drug-likeness (QED) is 0.767. The maximum absolute atomic E-state index is 12.6. The van der Waals surface area contributed by atoms with Crippen LogP contribution in [0.5, 0.6) is 0 Å². The fraction of sp³-hybridized carbons (Fsp3) is 0.278. The fourth-order valence-electron chi connectivity index (χ4n) is 2.80. The van der Waals surface area contributed by atoms with Crippen molar-refractivity contribution in [1.82, 2.24) is 4.90 Å². The van der Waals surface area contributed by atoms with Crippen LogP contribution >= 0.6 is 15.9 Å². The van der Waals surface area contributed by atoms with Crippen molar-refractivity contribution >= 4 is 37.5 Å². The maximum Gasteiger partial charge on any atom is 0.261 e. The molecule has 6 nitrogen and oxygen atoms in total. The molecule has 0 spiro atoms. The minimum atomic E-state index is -3.73. The number of benzene rings is 2. The first-order valence-corrected chi connectivity index (χ1v) is 10.5. The molecule has 0 aliphatic carbocycles. The summed E-state index contributed by atoms with van der Waals surface area (Å²) in [6.07, 6.45) is 0.756. The lowest BCUT2D eigenvalue weighted by Crippen LogP contribution is -2.40. The van der Waals surface area contributed by atoms with Crippen LogP contribution in [0.3, 0.4) is 0 Å². The van der Waals surface area contributed by atoms with E-state index in [-0.39, 0.29) is 16.9 Å². The third-order valence-electron chi connectivity index (χ3n) is 4.24. The molecule has 0 bridgehead atoms. The standard InChI is InChI=1S/C18H19BrN2O4S/c19-14-4-6-17(7-5-14)26(24,25)20-15-3-1-2-13(12-15)18(23)21-10-8-16(22)9-11-21/h1-7,12,16,20,22H,8-11H2. The molecule has 0 radical (unpaired) electrons. The summed E-state index contributed by atoms with van der Waals surface area (Å²) >= 11 is 3.27. The Morgan fingerprint density at radius 2 is 1.77 bits per heavy atom. The minimum Gasteiger partial charge on any atom is -0.393 e. The van der Waals surface area contributed by atoms with E-state index in [0.29, 0.717) is 37.2 Å². The predicted molar refractivity (Wildman–Crippen MR) is 103 cm³/mol. The monoisotopic (exact) mass is 438 g/mol. The van der Waals surface area contributed by atoms with E-state index in [1.54, 1.807) is 35.2 Å². The van der Waals surface area contributed by atoms with Gasteiger partial charge in [0.15, 0.2) is 0 Å². The van der Waals surface area contributed by atoms with Crippen molar-refractivity contribution in [2.75, 3.05) is 17.8 Å². The number of halogens is 1. The van der Waals surface area contributed by atoms with Gasteiger partial charge >= 0.3 is 0 Å². The molecule has 2 N–H and O–H groups in total. The normalized spacial score (nSPS) is 15.7. The predicted octanol–water partition coefficient (Wildman–Crippen LogP) is 2.85. The van der Waals surface area contributed by atoms with Crippen LogP contribution in [0.4, 0.5) is 5.69 Å². The number of likely N-dealkylation sites (tertiary alicyclic amines) is 1. The summed E-state index contributed by atoms with van der Waals surface area (Å²) in [6.45, 7) is 0.990. The average molecular weight is 439 g/mol. The molecule has 0 saturated carbocycles. The molecule has 0 atom stereocenters. The molecule has 1 amide bonds. The van der Waals surface area contributed by atoms with Crippen LogP contribution in [0.25, 0.3) is 0 Å². The van der Waals surface area contributed by atoms with E-state index in [4.69, 9.17) is 0 Å². The topological polar surface area (TPSA) is 86.7 Å². The number of aliphatic hydroxyl groups excluding tert-OH is 1. The van der Waals surface area contributed by atoms with Crippen LogP contribution in [0.2, 0.25) is 0 Å². The number of rotatable bonds is 4. The van der Waals surface area contributed by atoms with E-state index >= 15 is 0 Å². The number of nitrogens with zero attached hydrogens (tertiary/aromatic N) is 1. The number of carbonyl (C=O) groups is 1. The summed E-state index contributed by atoms with van der Waals surface area (Å²) in [5.74, 6) is -0.165. The molecule has 26 heavy (non-hydrogen) atoms. The zero-order valence-electron chi connectivity index (χ0n) is 13.9. The first-order valence-electron chi connectivity index (χ1n) is 8.21. The molecule has 2 aromatic rings. The highest BCUT2D eigenvalue weighted by Gasteiger charge is 2.23. The van der Waals surface area contributed by atoms with Crippen molar-refractivity contribution < 1.29 is 18.3 Å². The molecule has 1 fully saturated rings. The maximum atomic E-state index is 12.6. The Balaban J connectivity index is 1.77. The Labute approximate surface area is 161 Å². The molecule has 2 aromatic carbocycles. The number of carbonyl (C=O) groups excluding carboxylic acids is 1. The summed E-state index contributed by atoms with van der Waals surface area (Å²) in [4.78, 5) is 14.4. The second-order valence-corrected chi connectivity index (χ2v) is 8.76. The van der Waals surface area contributed by atoms with Crippen LogP contribution in [0.15, 0.2) is 57.9 Å². The number of nitrogens with one attached hydrogen (secondary N) is 1. The van der Waals surface area contributed by atoms with Gasteiger partial charge in [-0.05, 0) is 55.3 Å². The van der Waals surface area contributed by atoms with E-state index in [1.165, 1.54) is 18.2 Å². The van der Waals surface area contributed by atoms with Gasteiger partial charge in [-0.25, -0.2) is 8.42 Å². The summed E-state index contributed by atoms with van der Waals surface area (Å²) < 4.78 is 28.3. The van der Waals surface area contributed by atoms with E-state index in [2.05, 4.69) is 20.7 Å². The molecule has 0 aromatic heterocycles. The minimum absolute atomic E-state index is 0.141. The first-order chi connectivity index (χ1) is 12.3. The lowest BCUT2D eigenvalue weighted by atomic mass is 10.1. The number of sulfonamides is 1. The summed E-state index contributed by atoms with van der Waals surface area (Å²) in [5.41, 5.74) is 0.744. The summed E-state index contributed by atoms with van der Waals surface area (Å²) in [6, 6.07) is 12.7. The van der Waals surface area contributed by atoms with Gasteiger partial charge in [-0.1, -0.05) is 22.0 Å². The molecular formula is C18H19BrN2O4S. The number of aliphatic hydroxyl groups is 1. The van der Waals surface area contributed by atoms with Crippen LogP contribution in [-0.4, -0.2) is 43.5 Å². The van der Waals surface area contributed by atoms with Gasteiger partial charge < -0.3 is 10.0 Å². The molecule has 1 saturated heterocycles. The van der Waals surface area contributed by atoms with Gasteiger partial charge in [-0.3, -0.25) is 9.52 Å². The highest BCUT2D eigenvalue weighted by molar-refractivity contribution is 9.10. The second-order valence-electron chi connectivity index (χ2n) is 6.16. The Morgan fingerprint density at radius 3 is 2.42 bits per heavy atom. The van der Waals surface area contributed by atoms with E-state index in [9.17, 15) is 18.3 Å². The van der Waals surface area contributed by atoms with Crippen LogP contribution in [-0.2, 0) is 10.0 Å². The van der Waals surface area contributed by atoms with Gasteiger partial charge in [0.05, 0.1) is 11.0 Å². The third-order valence-corrected chi connectivity index (χ3v) is 6.16. The second kappa shape index (κ2) is 7.77. The van der Waals surface area contributed by atoms with Crippen LogP contribution in [0.1, 0.15) is 23.2 Å². The Kier molecular flexibility index (Phi) is 5.64. The molecule has 1 aliphatic heterocycles. The lowest BCUT2D eigenvalue weighted by molar-refractivity contribution is 0.0546. The van der Waals surface area contributed by atoms with Crippen molar-refractivity contribution in [1.29, 1.82) is 0 Å². The van der Waals surface area contributed by atoms with Crippen molar-refractivity contribution in [3.8, 4) is 0 Å². The Hall–Kier alpha value is -1.90. The van der Waals surface area contributed by atoms with E-state index in [0.717, 1.165) is 4.47 Å². The van der Waals surface area contributed by atoms with Gasteiger partial charge in [-0.2, -0.15) is 0 Å². The number of hydrogen-bond acceptors (Lipinski definition) is 4. The number of amides is 1. The van der Waals surface area contributed by atoms with E-state index in [1.807, 2.05) is 0 Å². The van der Waals surface area contributed by atoms with Crippen LogP contribution in [0, 0.1) is 0 Å². The SMILES string of the molecule is O=C(c1cccc(NS(=O)(=O)c2ccc(Br)cc2)c1)N1CCC(O)CC1. The highest BCUT2D eigenvalue weighted by atomic mass is 79.9. The van der Waals surface area contributed by atoms with Crippen molar-refractivity contribution in [3.05, 3.63) is 58.6 Å². The van der Waals surface area contributed by atoms with Gasteiger partial charge in [0.25, 0.3) is 15.9 Å². The molecule has 138 valence electrons. The van der Waals surface area contributed by atoms with Gasteiger partial charge in [0, 0.05) is 28.8 Å². The van der Waals surface area contributed by atoms with Crippen molar-refractivity contribution in [2.45, 2.75) is 23.8 Å². The first kappa shape index (κ1) is 18.9. The van der Waals surface area contributed by atoms with E-state index < -0.39 is 10.0 Å². The Bertz CT molecular complexity index is 892. The fourth-order valence-corrected chi connectivity index (χ4v) is 4.11. The number of piperidine rings is 1. The largest absolute Gasteiger partial charge is 0.393 e. The lowest BCUT2D eigenvalue weighted by Gasteiger charge is -2.29. The van der Waals surface area contributed by atoms with Gasteiger partial charge in [-0.15, -0.1) is 0 Å². The Morgan fingerprint density at radius 1 is 1.12 bits per heavy atom. The number of anilines is 1. The molecule has 1 aliphatic rings. The highest BCUT2D eigenvalue weighted by Crippen LogP contribution is 2.21. The molecule has 0 unspecified atom stereocenters. The van der Waals surface area contributed by atoms with Crippen LogP contribution < -0.4 is 4.72 Å². The van der Waals surface area contributed by atoms with Gasteiger partial charge in [0.2, 0.25) is 0 Å². The van der Waals surface area contributed by atoms with Gasteiger partial charge in [0.1, 0.15) is 0 Å². The smallest absolute Gasteiger partial charge is 0.261 e. The number of hydrogen-bond donors (Lipinski definition) is 2. The average Bonchev–Trinajstić information content (AvgIpc) is 2.62. The molecule has 1 heterocycles. The zero-order valence-corrected chi connectivity index (χ0v) is 16.3. The third kappa shape index (κ3) is 4.44. The zero-order chi connectivity index (χ0) is 18.7. The van der Waals surface area contributed by atoms with Crippen molar-refractivity contribution in [2.24, 2.45) is 0 Å². The molecular weight excluding hydrogens is 420 g/mol. The molecule has 8 heteroatoms. The molecule has 3 rings (SSSR count). The summed E-state index contributed by atoms with van der Waals surface area (Å²) in [7, 11) is -3.73. The van der Waals surface area contributed by atoms with Crippen molar-refractivity contribution in [3.63, 3.8) is 0 Å². The summed E-state index contributed by atoms with van der Waals surface area (Å²) in [5, 5.41) is 9.56.